The fourth-order valence-corrected chi connectivity index (χ4v) is 1.74. The average molecular weight is 226 g/mol. The molecule has 1 N–H and O–H groups in total. The van der Waals surface area contributed by atoms with E-state index in [-0.39, 0.29) is 0 Å². The van der Waals surface area contributed by atoms with Crippen molar-refractivity contribution in [1.29, 1.82) is 0 Å². The highest BCUT2D eigenvalue weighted by molar-refractivity contribution is 7.71. The van der Waals surface area contributed by atoms with Crippen LogP contribution in [-0.2, 0) is 0 Å². The lowest BCUT2D eigenvalue weighted by Gasteiger charge is -2.03. The fraction of sp³-hybridized carbons (Fsp3) is 0.100. The normalized spacial score (nSPS) is 10.4. The van der Waals surface area contributed by atoms with Gasteiger partial charge in [-0.1, -0.05) is 23.8 Å². The summed E-state index contributed by atoms with van der Waals surface area (Å²) in [5.41, 5.74) is 0.959. The summed E-state index contributed by atoms with van der Waals surface area (Å²) in [6.45, 7) is 0. The number of halogens is 1. The fourth-order valence-electron chi connectivity index (χ4n) is 1.31. The van der Waals surface area contributed by atoms with Gasteiger partial charge in [-0.05, 0) is 24.3 Å². The van der Waals surface area contributed by atoms with Crippen LogP contribution in [0.25, 0.3) is 10.9 Å². The lowest BCUT2D eigenvalue weighted by Crippen LogP contribution is -1.87. The quantitative estimate of drug-likeness (QED) is 0.751. The zero-order valence-corrected chi connectivity index (χ0v) is 9.08. The molecule has 1 aromatic heterocycles. The Labute approximate surface area is 91.5 Å². The summed E-state index contributed by atoms with van der Waals surface area (Å²) in [6.07, 6.45) is 0. The number of hydrogen-bond acceptors (Lipinski definition) is 2. The maximum absolute atomic E-state index is 5.87. The van der Waals surface area contributed by atoms with Gasteiger partial charge in [0, 0.05) is 15.9 Å². The second kappa shape index (κ2) is 3.59. The first kappa shape index (κ1) is 9.49. The molecule has 0 saturated heterocycles. The largest absolute Gasteiger partial charge is 0.494 e. The van der Waals surface area contributed by atoms with E-state index in [4.69, 9.17) is 28.6 Å². The molecule has 0 atom stereocenters. The summed E-state index contributed by atoms with van der Waals surface area (Å²) in [5.74, 6) is 0.662. The molecule has 0 aliphatic rings. The van der Waals surface area contributed by atoms with Crippen LogP contribution in [0.4, 0.5) is 0 Å². The minimum Gasteiger partial charge on any atom is -0.494 e. The molecule has 72 valence electrons. The number of H-pyrrole nitrogens is 1. The number of benzene rings is 1. The minimum absolute atomic E-state index is 0.599. The molecule has 0 bridgehead atoms. The summed E-state index contributed by atoms with van der Waals surface area (Å²) < 4.78 is 5.71. The number of rotatable bonds is 1. The molecular formula is C10H8ClNOS. The standard InChI is InChI=1S/C10H8ClNOS/c1-13-9-5-6-4-7(11)2-3-8(6)12-10(9)14/h2-5H,1H3,(H,12,14). The molecule has 0 fully saturated rings. The van der Waals surface area contributed by atoms with Gasteiger partial charge in [-0.3, -0.25) is 0 Å². The number of aromatic amines is 1. The maximum Gasteiger partial charge on any atom is 0.154 e. The van der Waals surface area contributed by atoms with Gasteiger partial charge in [-0.2, -0.15) is 0 Å². The Bertz CT molecular complexity index is 535. The number of aromatic nitrogens is 1. The summed E-state index contributed by atoms with van der Waals surface area (Å²) in [7, 11) is 1.59. The molecule has 0 aliphatic carbocycles. The van der Waals surface area contributed by atoms with E-state index in [1.54, 1.807) is 7.11 Å². The molecule has 4 heteroatoms. The first-order chi connectivity index (χ1) is 6.70. The van der Waals surface area contributed by atoms with Gasteiger partial charge in [-0.25, -0.2) is 0 Å². The van der Waals surface area contributed by atoms with Crippen molar-refractivity contribution in [3.05, 3.63) is 33.9 Å². The highest BCUT2D eigenvalue weighted by atomic mass is 35.5. The highest BCUT2D eigenvalue weighted by Crippen LogP contribution is 2.22. The topological polar surface area (TPSA) is 25.0 Å². The predicted molar refractivity (Wildman–Crippen MR) is 60.7 cm³/mol. The molecule has 0 aliphatic heterocycles. The Morgan fingerprint density at radius 1 is 1.36 bits per heavy atom. The molecule has 2 aromatic rings. The molecule has 0 radical (unpaired) electrons. The van der Waals surface area contributed by atoms with Crippen LogP contribution < -0.4 is 4.74 Å². The Balaban J connectivity index is 2.80. The van der Waals surface area contributed by atoms with Gasteiger partial charge in [-0.15, -0.1) is 0 Å². The van der Waals surface area contributed by atoms with Gasteiger partial charge in [0.1, 0.15) is 4.64 Å². The minimum atomic E-state index is 0.599. The third-order valence-corrected chi connectivity index (χ3v) is 2.53. The Morgan fingerprint density at radius 3 is 2.86 bits per heavy atom. The Morgan fingerprint density at radius 2 is 2.14 bits per heavy atom. The van der Waals surface area contributed by atoms with E-state index in [1.165, 1.54) is 0 Å². The van der Waals surface area contributed by atoms with Crippen LogP contribution in [-0.4, -0.2) is 12.1 Å². The van der Waals surface area contributed by atoms with Gasteiger partial charge < -0.3 is 9.72 Å². The van der Waals surface area contributed by atoms with Gasteiger partial charge in [0.15, 0.2) is 5.75 Å². The second-order valence-electron chi connectivity index (χ2n) is 2.90. The highest BCUT2D eigenvalue weighted by Gasteiger charge is 1.99. The van der Waals surface area contributed by atoms with Crippen molar-refractivity contribution in [1.82, 2.24) is 4.98 Å². The first-order valence-corrected chi connectivity index (χ1v) is 4.86. The lowest BCUT2D eigenvalue weighted by molar-refractivity contribution is 0.412. The third-order valence-electron chi connectivity index (χ3n) is 1.99. The van der Waals surface area contributed by atoms with E-state index >= 15 is 0 Å². The SMILES string of the molecule is COc1cc2cc(Cl)ccc2[nH]c1=S. The molecule has 0 amide bonds. The number of hydrogen-bond donors (Lipinski definition) is 1. The second-order valence-corrected chi connectivity index (χ2v) is 3.74. The van der Waals surface area contributed by atoms with E-state index in [0.717, 1.165) is 10.9 Å². The molecule has 2 rings (SSSR count). The summed E-state index contributed by atoms with van der Waals surface area (Å²) in [5, 5.41) is 1.69. The zero-order valence-electron chi connectivity index (χ0n) is 7.50. The molecule has 14 heavy (non-hydrogen) atoms. The predicted octanol–water partition coefficient (Wildman–Crippen LogP) is 3.56. The van der Waals surface area contributed by atoms with Crippen molar-refractivity contribution < 1.29 is 4.74 Å². The molecule has 0 saturated carbocycles. The maximum atomic E-state index is 5.87. The lowest BCUT2D eigenvalue weighted by atomic mass is 10.2. The van der Waals surface area contributed by atoms with Gasteiger partial charge >= 0.3 is 0 Å². The zero-order chi connectivity index (χ0) is 10.1. The van der Waals surface area contributed by atoms with E-state index in [1.807, 2.05) is 24.3 Å². The van der Waals surface area contributed by atoms with Crippen molar-refractivity contribution in [2.24, 2.45) is 0 Å². The van der Waals surface area contributed by atoms with E-state index in [2.05, 4.69) is 4.98 Å². The molecule has 0 spiro atoms. The average Bonchev–Trinajstić information content (AvgIpc) is 2.17. The monoisotopic (exact) mass is 225 g/mol. The number of nitrogens with one attached hydrogen (secondary N) is 1. The van der Waals surface area contributed by atoms with Crippen molar-refractivity contribution >= 4 is 34.7 Å². The Kier molecular flexibility index (Phi) is 2.44. The molecule has 1 heterocycles. The van der Waals surface area contributed by atoms with Crippen molar-refractivity contribution in [2.45, 2.75) is 0 Å². The number of pyridine rings is 1. The summed E-state index contributed by atoms with van der Waals surface area (Å²) in [4.78, 5) is 3.07. The van der Waals surface area contributed by atoms with Crippen LogP contribution in [0.1, 0.15) is 0 Å². The van der Waals surface area contributed by atoms with Crippen molar-refractivity contribution in [3.8, 4) is 5.75 Å². The smallest absolute Gasteiger partial charge is 0.154 e. The van der Waals surface area contributed by atoms with Crippen LogP contribution >= 0.6 is 23.8 Å². The van der Waals surface area contributed by atoms with Crippen LogP contribution in [0, 0.1) is 4.64 Å². The molecular weight excluding hydrogens is 218 g/mol. The summed E-state index contributed by atoms with van der Waals surface area (Å²) >= 11 is 11.0. The van der Waals surface area contributed by atoms with E-state index in [9.17, 15) is 0 Å². The van der Waals surface area contributed by atoms with Gasteiger partial charge in [0.05, 0.1) is 7.11 Å². The summed E-state index contributed by atoms with van der Waals surface area (Å²) in [6, 6.07) is 7.46. The van der Waals surface area contributed by atoms with Gasteiger partial charge in [0.2, 0.25) is 0 Å². The van der Waals surface area contributed by atoms with Gasteiger partial charge in [0.25, 0.3) is 0 Å². The van der Waals surface area contributed by atoms with Crippen LogP contribution in [0.15, 0.2) is 24.3 Å². The van der Waals surface area contributed by atoms with E-state index < -0.39 is 0 Å². The van der Waals surface area contributed by atoms with Crippen LogP contribution in [0.2, 0.25) is 5.02 Å². The molecule has 2 nitrogen and oxygen atoms in total. The number of fused-ring (bicyclic) bond motifs is 1. The van der Waals surface area contributed by atoms with Crippen molar-refractivity contribution in [3.63, 3.8) is 0 Å². The van der Waals surface area contributed by atoms with Crippen LogP contribution in [0.3, 0.4) is 0 Å². The molecule has 1 aromatic carbocycles. The molecule has 0 unspecified atom stereocenters. The van der Waals surface area contributed by atoms with Crippen LogP contribution in [0.5, 0.6) is 5.75 Å². The van der Waals surface area contributed by atoms with Crippen molar-refractivity contribution in [2.75, 3.05) is 7.11 Å². The Hall–Kier alpha value is -1.06. The number of methoxy groups -OCH3 is 1. The third kappa shape index (κ3) is 1.61. The van der Waals surface area contributed by atoms with E-state index in [0.29, 0.717) is 15.4 Å². The number of ether oxygens (including phenoxy) is 1. The first-order valence-electron chi connectivity index (χ1n) is 4.07.